The van der Waals surface area contributed by atoms with Crippen LogP contribution in [0.5, 0.6) is 0 Å². The number of rotatable bonds is 5. The van der Waals surface area contributed by atoms with Crippen LogP contribution in [0.2, 0.25) is 5.02 Å². The first-order chi connectivity index (χ1) is 12.4. The predicted octanol–water partition coefficient (Wildman–Crippen LogP) is 3.93. The molecule has 0 unspecified atom stereocenters. The number of hydrogen-bond donors (Lipinski definition) is 1. The Hall–Kier alpha value is -2.10. The molecule has 27 heavy (non-hydrogen) atoms. The number of likely N-dealkylation sites (N-methyl/N-ethyl adjacent to an activating group) is 1. The molecule has 2 rings (SSSR count). The highest BCUT2D eigenvalue weighted by molar-refractivity contribution is 7.88. The molecule has 1 amide bonds. The van der Waals surface area contributed by atoms with E-state index >= 15 is 0 Å². The van der Waals surface area contributed by atoms with Crippen LogP contribution >= 0.6 is 11.6 Å². The molecule has 146 valence electrons. The second-order valence-electron chi connectivity index (χ2n) is 5.77. The Morgan fingerprint density at radius 2 is 1.74 bits per heavy atom. The molecule has 0 aliphatic carbocycles. The fraction of sp³-hybridized carbons (Fsp3) is 0.235. The summed E-state index contributed by atoms with van der Waals surface area (Å²) in [5, 5.41) is 2.19. The van der Waals surface area contributed by atoms with Crippen molar-refractivity contribution in [2.75, 3.05) is 18.6 Å². The van der Waals surface area contributed by atoms with Crippen LogP contribution in [0.4, 0.5) is 18.9 Å². The maximum atomic E-state index is 12.9. The topological polar surface area (TPSA) is 66.5 Å². The molecule has 0 saturated heterocycles. The van der Waals surface area contributed by atoms with Crippen LogP contribution in [0.3, 0.4) is 0 Å². The van der Waals surface area contributed by atoms with E-state index in [0.29, 0.717) is 11.6 Å². The summed E-state index contributed by atoms with van der Waals surface area (Å²) in [4.78, 5) is 12.8. The first-order valence-corrected chi connectivity index (χ1v) is 9.79. The van der Waals surface area contributed by atoms with Crippen LogP contribution in [-0.4, -0.2) is 31.9 Å². The smallest absolute Gasteiger partial charge is 0.323 e. The van der Waals surface area contributed by atoms with Gasteiger partial charge >= 0.3 is 6.18 Å². The van der Waals surface area contributed by atoms with Crippen molar-refractivity contribution in [1.29, 1.82) is 0 Å². The number of nitrogens with one attached hydrogen (secondary N) is 1. The number of alkyl halides is 3. The van der Waals surface area contributed by atoms with Gasteiger partial charge in [-0.1, -0.05) is 41.9 Å². The Bertz CT molecular complexity index is 934. The standard InChI is InChI=1S/C17H16ClF3N2O3S/c1-23(27(2,25)26)15(11-6-4-3-5-7-11)16(24)22-14-10-12(17(19,20)21)8-9-13(14)18/h3-10,15H,1-2H3,(H,22,24)/t15-/m0/s1. The Kier molecular flexibility index (Phi) is 6.18. The summed E-state index contributed by atoms with van der Waals surface area (Å²) < 4.78 is 63.4. The summed E-state index contributed by atoms with van der Waals surface area (Å²) in [6.45, 7) is 0. The van der Waals surface area contributed by atoms with Crippen molar-refractivity contribution in [3.05, 3.63) is 64.7 Å². The second kappa shape index (κ2) is 7.87. The van der Waals surface area contributed by atoms with E-state index in [0.717, 1.165) is 22.7 Å². The van der Waals surface area contributed by atoms with Crippen molar-refractivity contribution in [2.24, 2.45) is 0 Å². The fourth-order valence-corrected chi connectivity index (χ4v) is 3.12. The van der Waals surface area contributed by atoms with Crippen molar-refractivity contribution in [1.82, 2.24) is 4.31 Å². The highest BCUT2D eigenvalue weighted by atomic mass is 35.5. The molecule has 10 heteroatoms. The van der Waals surface area contributed by atoms with Gasteiger partial charge in [-0.25, -0.2) is 8.42 Å². The van der Waals surface area contributed by atoms with Crippen LogP contribution in [0.25, 0.3) is 0 Å². The van der Waals surface area contributed by atoms with Gasteiger partial charge in [-0.15, -0.1) is 0 Å². The number of carbonyl (C=O) groups is 1. The minimum atomic E-state index is -4.62. The number of hydrogen-bond acceptors (Lipinski definition) is 3. The molecule has 0 aromatic heterocycles. The normalized spacial score (nSPS) is 13.4. The number of amides is 1. The van der Waals surface area contributed by atoms with E-state index < -0.39 is 33.7 Å². The third-order valence-corrected chi connectivity index (χ3v) is 5.39. The molecule has 2 aromatic carbocycles. The van der Waals surface area contributed by atoms with Crippen LogP contribution in [0, 0.1) is 0 Å². The molecule has 0 heterocycles. The lowest BCUT2D eigenvalue weighted by molar-refractivity contribution is -0.137. The summed E-state index contributed by atoms with van der Waals surface area (Å²) in [5.74, 6) is -0.838. The molecule has 1 atom stereocenters. The Morgan fingerprint density at radius 3 is 2.26 bits per heavy atom. The zero-order valence-corrected chi connectivity index (χ0v) is 15.9. The van der Waals surface area contributed by atoms with Gasteiger partial charge in [-0.2, -0.15) is 17.5 Å². The van der Waals surface area contributed by atoms with Gasteiger partial charge in [0, 0.05) is 7.05 Å². The van der Waals surface area contributed by atoms with Gasteiger partial charge in [-0.05, 0) is 23.8 Å². The monoisotopic (exact) mass is 420 g/mol. The Morgan fingerprint density at radius 1 is 1.15 bits per heavy atom. The van der Waals surface area contributed by atoms with Crippen molar-refractivity contribution >= 4 is 33.2 Å². The maximum Gasteiger partial charge on any atom is 0.416 e. The van der Waals surface area contributed by atoms with E-state index in [9.17, 15) is 26.4 Å². The lowest BCUT2D eigenvalue weighted by Crippen LogP contribution is -2.38. The van der Waals surface area contributed by atoms with Gasteiger partial charge in [0.25, 0.3) is 0 Å². The van der Waals surface area contributed by atoms with Crippen LogP contribution in [0.15, 0.2) is 48.5 Å². The number of sulfonamides is 1. The molecule has 0 saturated carbocycles. The average molecular weight is 421 g/mol. The van der Waals surface area contributed by atoms with Crippen LogP contribution in [-0.2, 0) is 21.0 Å². The molecule has 0 bridgehead atoms. The highest BCUT2D eigenvalue weighted by Crippen LogP contribution is 2.34. The summed E-state index contributed by atoms with van der Waals surface area (Å²) in [7, 11) is -2.56. The summed E-state index contributed by atoms with van der Waals surface area (Å²) in [6, 6.07) is 9.20. The first-order valence-electron chi connectivity index (χ1n) is 7.57. The predicted molar refractivity (Wildman–Crippen MR) is 96.9 cm³/mol. The quantitative estimate of drug-likeness (QED) is 0.797. The van der Waals surface area contributed by atoms with E-state index in [-0.39, 0.29) is 10.7 Å². The molecule has 0 radical (unpaired) electrons. The number of anilines is 1. The largest absolute Gasteiger partial charge is 0.416 e. The van der Waals surface area contributed by atoms with E-state index in [1.807, 2.05) is 0 Å². The fourth-order valence-electron chi connectivity index (χ4n) is 2.35. The third kappa shape index (κ3) is 5.21. The molecule has 0 aliphatic heterocycles. The molecule has 5 nitrogen and oxygen atoms in total. The zero-order valence-electron chi connectivity index (χ0n) is 14.3. The minimum absolute atomic E-state index is 0.106. The summed E-state index contributed by atoms with van der Waals surface area (Å²) >= 11 is 5.90. The molecule has 2 aromatic rings. The molecule has 0 spiro atoms. The van der Waals surface area contributed by atoms with Crippen LogP contribution in [0.1, 0.15) is 17.2 Å². The van der Waals surface area contributed by atoms with Gasteiger partial charge in [0.2, 0.25) is 15.9 Å². The van der Waals surface area contributed by atoms with Gasteiger partial charge in [0.1, 0.15) is 6.04 Å². The summed E-state index contributed by atoms with van der Waals surface area (Å²) in [5.41, 5.74) is -0.903. The second-order valence-corrected chi connectivity index (χ2v) is 8.22. The number of nitrogens with zero attached hydrogens (tertiary/aromatic N) is 1. The number of benzene rings is 2. The minimum Gasteiger partial charge on any atom is -0.323 e. The van der Waals surface area contributed by atoms with E-state index in [1.165, 1.54) is 7.05 Å². The van der Waals surface area contributed by atoms with Gasteiger partial charge in [0.05, 0.1) is 22.5 Å². The van der Waals surface area contributed by atoms with E-state index in [4.69, 9.17) is 11.6 Å². The van der Waals surface area contributed by atoms with Crippen molar-refractivity contribution < 1.29 is 26.4 Å². The lowest BCUT2D eigenvalue weighted by Gasteiger charge is -2.26. The van der Waals surface area contributed by atoms with Crippen molar-refractivity contribution in [2.45, 2.75) is 12.2 Å². The van der Waals surface area contributed by atoms with Crippen LogP contribution < -0.4 is 5.32 Å². The van der Waals surface area contributed by atoms with Gasteiger partial charge in [0.15, 0.2) is 0 Å². The number of carbonyl (C=O) groups excluding carboxylic acids is 1. The third-order valence-electron chi connectivity index (χ3n) is 3.80. The zero-order chi connectivity index (χ0) is 20.4. The number of halogens is 4. The van der Waals surface area contributed by atoms with Crippen molar-refractivity contribution in [3.8, 4) is 0 Å². The van der Waals surface area contributed by atoms with Crippen molar-refractivity contribution in [3.63, 3.8) is 0 Å². The Labute approximate surface area is 159 Å². The first kappa shape index (κ1) is 21.2. The molecular formula is C17H16ClF3N2O3S. The molecular weight excluding hydrogens is 405 g/mol. The van der Waals surface area contributed by atoms with E-state index in [1.54, 1.807) is 30.3 Å². The lowest BCUT2D eigenvalue weighted by atomic mass is 10.1. The summed E-state index contributed by atoms with van der Waals surface area (Å²) in [6.07, 6.45) is -3.69. The van der Waals surface area contributed by atoms with Gasteiger partial charge < -0.3 is 5.32 Å². The van der Waals surface area contributed by atoms with Gasteiger partial charge in [-0.3, -0.25) is 4.79 Å². The molecule has 1 N–H and O–H groups in total. The van der Waals surface area contributed by atoms with E-state index in [2.05, 4.69) is 5.32 Å². The average Bonchev–Trinajstić information content (AvgIpc) is 2.56. The molecule has 0 aliphatic rings. The Balaban J connectivity index is 2.43. The highest BCUT2D eigenvalue weighted by Gasteiger charge is 2.33. The molecule has 0 fully saturated rings. The maximum absolute atomic E-state index is 12.9. The SMILES string of the molecule is CN([C@H](C(=O)Nc1cc(C(F)(F)F)ccc1Cl)c1ccccc1)S(C)(=O)=O.